The molecule has 3 heteroatoms. The Morgan fingerprint density at radius 3 is 3.06 bits per heavy atom. The summed E-state index contributed by atoms with van der Waals surface area (Å²) in [5.74, 6) is -0.773. The molecule has 0 radical (unpaired) electrons. The van der Waals surface area contributed by atoms with E-state index in [0.29, 0.717) is 12.0 Å². The van der Waals surface area contributed by atoms with Gasteiger partial charge in [0.05, 0.1) is 0 Å². The first-order valence-electron chi connectivity index (χ1n) is 7.68. The van der Waals surface area contributed by atoms with E-state index in [1.807, 2.05) is 0 Å². The average molecular weight is 243 g/mol. The molecule has 0 unspecified atom stereocenters. The van der Waals surface area contributed by atoms with Crippen LogP contribution in [-0.2, 0) is 10.3 Å². The van der Waals surface area contributed by atoms with Crippen molar-refractivity contribution in [2.24, 2.45) is 0 Å². The van der Waals surface area contributed by atoms with Crippen molar-refractivity contribution in [3.05, 3.63) is 34.9 Å². The standard InChI is InChI=1S/C13H16ClNO/c1-15-13(9-5-4-8-12(13)16)10-6-2-3-7-11(10)14/h2-3,6-7,15H,4-5,8-9H2,1H3/t13-/m0/s1/i1D3,8D2. The highest BCUT2D eigenvalue weighted by atomic mass is 35.5. The lowest BCUT2D eigenvalue weighted by Crippen LogP contribution is -2.49. The molecule has 1 aromatic carbocycles. The number of likely N-dealkylation sites (N-methyl/N-ethyl adjacent to an activating group) is 1. The Morgan fingerprint density at radius 2 is 2.31 bits per heavy atom. The molecule has 86 valence electrons. The second kappa shape index (κ2) is 4.56. The minimum Gasteiger partial charge on any atom is -0.304 e. The van der Waals surface area contributed by atoms with Crippen LogP contribution in [0.2, 0.25) is 5.02 Å². The van der Waals surface area contributed by atoms with Crippen molar-refractivity contribution in [3.63, 3.8) is 0 Å². The zero-order valence-corrected chi connectivity index (χ0v) is 9.47. The van der Waals surface area contributed by atoms with Gasteiger partial charge in [0.25, 0.3) is 0 Å². The van der Waals surface area contributed by atoms with E-state index < -0.39 is 24.7 Å². The van der Waals surface area contributed by atoms with Crippen LogP contribution in [-0.4, -0.2) is 12.8 Å². The Bertz CT molecular complexity index is 560. The number of halogens is 1. The number of hydrogen-bond acceptors (Lipinski definition) is 2. The smallest absolute Gasteiger partial charge is 0.157 e. The van der Waals surface area contributed by atoms with E-state index in [4.69, 9.17) is 18.5 Å². The van der Waals surface area contributed by atoms with Gasteiger partial charge in [-0.3, -0.25) is 4.79 Å². The Balaban J connectivity index is 2.60. The molecular weight excluding hydrogens is 222 g/mol. The van der Waals surface area contributed by atoms with Crippen molar-refractivity contribution in [3.8, 4) is 0 Å². The van der Waals surface area contributed by atoms with Crippen LogP contribution in [0.5, 0.6) is 0 Å². The van der Waals surface area contributed by atoms with Gasteiger partial charge in [0.15, 0.2) is 5.78 Å². The van der Waals surface area contributed by atoms with E-state index in [2.05, 4.69) is 5.32 Å². The van der Waals surface area contributed by atoms with Crippen LogP contribution in [0, 0.1) is 0 Å². The summed E-state index contributed by atoms with van der Waals surface area (Å²) in [7, 11) is 0. The quantitative estimate of drug-likeness (QED) is 0.864. The minimum absolute atomic E-state index is 0.0840. The highest BCUT2D eigenvalue weighted by Crippen LogP contribution is 2.37. The predicted octanol–water partition coefficient (Wildman–Crippen LogP) is 2.90. The topological polar surface area (TPSA) is 29.1 Å². The van der Waals surface area contributed by atoms with Gasteiger partial charge < -0.3 is 5.32 Å². The van der Waals surface area contributed by atoms with Crippen LogP contribution in [0.15, 0.2) is 24.3 Å². The van der Waals surface area contributed by atoms with Crippen LogP contribution in [0.3, 0.4) is 0 Å². The second-order valence-corrected chi connectivity index (χ2v) is 4.28. The lowest BCUT2D eigenvalue weighted by molar-refractivity contribution is -0.127. The molecule has 2 nitrogen and oxygen atoms in total. The first-order valence-corrected chi connectivity index (χ1v) is 5.56. The lowest BCUT2D eigenvalue weighted by atomic mass is 9.75. The molecule has 0 aliphatic heterocycles. The maximum Gasteiger partial charge on any atom is 0.157 e. The molecule has 1 atom stereocenters. The highest BCUT2D eigenvalue weighted by Gasteiger charge is 2.40. The summed E-state index contributed by atoms with van der Waals surface area (Å²) in [4.78, 5) is 12.7. The summed E-state index contributed by atoms with van der Waals surface area (Å²) in [6.07, 6.45) is -1.39. The van der Waals surface area contributed by atoms with Gasteiger partial charge in [-0.25, -0.2) is 0 Å². The number of hydrogen-bond donors (Lipinski definition) is 1. The van der Waals surface area contributed by atoms with Crippen molar-refractivity contribution < 1.29 is 11.6 Å². The van der Waals surface area contributed by atoms with E-state index in [0.717, 1.165) is 0 Å². The molecule has 1 N–H and O–H groups in total. The number of rotatable bonds is 2. The molecule has 1 aromatic rings. The molecule has 0 aromatic heterocycles. The lowest BCUT2D eigenvalue weighted by Gasteiger charge is -2.36. The van der Waals surface area contributed by atoms with Crippen LogP contribution in [0.1, 0.15) is 38.1 Å². The van der Waals surface area contributed by atoms with Crippen molar-refractivity contribution >= 4 is 17.4 Å². The Morgan fingerprint density at radius 1 is 1.50 bits per heavy atom. The monoisotopic (exact) mass is 242 g/mol. The molecule has 16 heavy (non-hydrogen) atoms. The zero-order valence-electron chi connectivity index (χ0n) is 13.7. The van der Waals surface area contributed by atoms with Gasteiger partial charge in [-0.15, -0.1) is 0 Å². The number of carbonyl (C=O) groups excluding carboxylic acids is 1. The summed E-state index contributed by atoms with van der Waals surface area (Å²) in [6, 6.07) is 6.47. The molecule has 2 rings (SSSR count). The maximum atomic E-state index is 12.7. The first-order chi connectivity index (χ1) is 9.58. The third-order valence-electron chi connectivity index (χ3n) is 2.95. The Kier molecular flexibility index (Phi) is 1.93. The Labute approximate surface area is 108 Å². The first kappa shape index (κ1) is 6.77. The average Bonchev–Trinajstić information content (AvgIpc) is 2.34. The summed E-state index contributed by atoms with van der Waals surface area (Å²) in [6.45, 7) is -2.58. The molecule has 1 fully saturated rings. The van der Waals surface area contributed by atoms with Gasteiger partial charge in [-0.1, -0.05) is 36.2 Å². The van der Waals surface area contributed by atoms with Crippen molar-refractivity contribution in [1.82, 2.24) is 5.32 Å². The molecular formula is C13H16ClNO. The molecule has 0 heterocycles. The van der Waals surface area contributed by atoms with E-state index in [1.165, 1.54) is 0 Å². The van der Waals surface area contributed by atoms with Gasteiger partial charge in [-0.05, 0) is 31.4 Å². The molecule has 1 aliphatic carbocycles. The summed E-state index contributed by atoms with van der Waals surface area (Å²) < 4.78 is 38.0. The fourth-order valence-electron chi connectivity index (χ4n) is 2.07. The van der Waals surface area contributed by atoms with Gasteiger partial charge in [0.2, 0.25) is 0 Å². The van der Waals surface area contributed by atoms with Crippen molar-refractivity contribution in [2.45, 2.75) is 31.2 Å². The third-order valence-corrected chi connectivity index (χ3v) is 3.28. The van der Waals surface area contributed by atoms with Crippen molar-refractivity contribution in [1.29, 1.82) is 0 Å². The third kappa shape index (κ3) is 1.76. The summed E-state index contributed by atoms with van der Waals surface area (Å²) >= 11 is 6.14. The van der Waals surface area contributed by atoms with E-state index in [-0.39, 0.29) is 17.9 Å². The number of benzene rings is 1. The predicted molar refractivity (Wildman–Crippen MR) is 65.7 cm³/mol. The molecule has 0 saturated heterocycles. The fraction of sp³-hybridized carbons (Fsp3) is 0.462. The molecule has 0 bridgehead atoms. The van der Waals surface area contributed by atoms with Gasteiger partial charge in [0, 0.05) is 18.2 Å². The minimum atomic E-state index is -2.58. The molecule has 0 spiro atoms. The molecule has 0 amide bonds. The highest BCUT2D eigenvalue weighted by molar-refractivity contribution is 6.31. The fourth-order valence-corrected chi connectivity index (χ4v) is 2.37. The van der Waals surface area contributed by atoms with E-state index >= 15 is 0 Å². The largest absolute Gasteiger partial charge is 0.304 e. The van der Waals surface area contributed by atoms with E-state index in [1.54, 1.807) is 24.3 Å². The summed E-state index contributed by atoms with van der Waals surface area (Å²) in [5, 5.41) is 2.61. The van der Waals surface area contributed by atoms with Gasteiger partial charge in [-0.2, -0.15) is 0 Å². The summed E-state index contributed by atoms with van der Waals surface area (Å²) in [5.41, 5.74) is -1.30. The van der Waals surface area contributed by atoms with E-state index in [9.17, 15) is 4.79 Å². The van der Waals surface area contributed by atoms with Crippen LogP contribution >= 0.6 is 11.6 Å². The SMILES string of the molecule is [2H]C([2H])([2H])N[C@]1(c2ccccc2Cl)CCCC([2H])([2H])C1=O. The number of Topliss-reactive ketones (excluding diaryl/α,β-unsaturated/α-hetero) is 1. The number of carbonyl (C=O) groups is 1. The second-order valence-electron chi connectivity index (χ2n) is 3.87. The zero-order chi connectivity index (χ0) is 15.9. The normalized spacial score (nSPS) is 34.3. The van der Waals surface area contributed by atoms with Crippen molar-refractivity contribution in [2.75, 3.05) is 6.98 Å². The van der Waals surface area contributed by atoms with Crippen LogP contribution in [0.4, 0.5) is 0 Å². The molecule has 1 aliphatic rings. The maximum absolute atomic E-state index is 12.7. The van der Waals surface area contributed by atoms with Gasteiger partial charge >= 0.3 is 0 Å². The number of ketones is 1. The van der Waals surface area contributed by atoms with Crippen LogP contribution in [0.25, 0.3) is 0 Å². The number of nitrogens with one attached hydrogen (secondary N) is 1. The molecule has 1 saturated carbocycles. The van der Waals surface area contributed by atoms with Gasteiger partial charge in [0.1, 0.15) is 5.54 Å². The Hall–Kier alpha value is -0.860. The van der Waals surface area contributed by atoms with Crippen LogP contribution < -0.4 is 5.32 Å².